The second kappa shape index (κ2) is 4.87. The molecule has 0 aliphatic carbocycles. The largest absolute Gasteiger partial charge is 0.397 e. The fraction of sp³-hybridized carbons (Fsp3) is 0.214. The number of pyridine rings is 1. The van der Waals surface area contributed by atoms with Gasteiger partial charge in [0.15, 0.2) is 0 Å². The fourth-order valence-electron chi connectivity index (χ4n) is 1.78. The molecule has 3 nitrogen and oxygen atoms in total. The first kappa shape index (κ1) is 11.5. The van der Waals surface area contributed by atoms with Crippen molar-refractivity contribution in [2.24, 2.45) is 0 Å². The van der Waals surface area contributed by atoms with Crippen LogP contribution in [0.1, 0.15) is 24.1 Å². The molecular weight excluding hydrogens is 210 g/mol. The highest BCUT2D eigenvalue weighted by Crippen LogP contribution is 2.20. The third-order valence-electron chi connectivity index (χ3n) is 2.75. The second-order valence-electron chi connectivity index (χ2n) is 4.21. The number of hydrogen-bond donors (Lipinski definition) is 2. The molecule has 0 saturated heterocycles. The molecular formula is C14H17N3. The van der Waals surface area contributed by atoms with Crippen LogP contribution in [0.15, 0.2) is 42.6 Å². The van der Waals surface area contributed by atoms with E-state index < -0.39 is 0 Å². The average Bonchev–Trinajstić information content (AvgIpc) is 2.34. The Morgan fingerprint density at radius 2 is 1.94 bits per heavy atom. The smallest absolute Gasteiger partial charge is 0.129 e. The molecule has 0 amide bonds. The molecule has 0 fully saturated rings. The number of anilines is 2. The Kier molecular flexibility index (Phi) is 3.28. The van der Waals surface area contributed by atoms with E-state index in [9.17, 15) is 0 Å². The molecule has 17 heavy (non-hydrogen) atoms. The van der Waals surface area contributed by atoms with E-state index in [2.05, 4.69) is 29.4 Å². The molecule has 3 N–H and O–H groups in total. The SMILES string of the molecule is Cc1cc(N)cnc1NC(C)c1ccccc1. The minimum absolute atomic E-state index is 0.228. The number of aromatic nitrogens is 1. The van der Waals surface area contributed by atoms with Gasteiger partial charge in [0.2, 0.25) is 0 Å². The van der Waals surface area contributed by atoms with Crippen molar-refractivity contribution in [3.8, 4) is 0 Å². The van der Waals surface area contributed by atoms with Crippen molar-refractivity contribution in [2.45, 2.75) is 19.9 Å². The summed E-state index contributed by atoms with van der Waals surface area (Å²) in [5.41, 5.74) is 8.68. The Morgan fingerprint density at radius 1 is 1.24 bits per heavy atom. The lowest BCUT2D eigenvalue weighted by atomic mass is 10.1. The highest BCUT2D eigenvalue weighted by Gasteiger charge is 2.07. The zero-order chi connectivity index (χ0) is 12.3. The molecule has 0 spiro atoms. The number of aryl methyl sites for hydroxylation is 1. The standard InChI is InChI=1S/C14H17N3/c1-10-8-13(15)9-16-14(10)17-11(2)12-6-4-3-5-7-12/h3-9,11H,15H2,1-2H3,(H,16,17). The zero-order valence-electron chi connectivity index (χ0n) is 10.1. The van der Waals surface area contributed by atoms with E-state index in [0.29, 0.717) is 5.69 Å². The highest BCUT2D eigenvalue weighted by atomic mass is 15.0. The van der Waals surface area contributed by atoms with E-state index in [4.69, 9.17) is 5.73 Å². The number of nitrogen functional groups attached to an aromatic ring is 1. The summed E-state index contributed by atoms with van der Waals surface area (Å²) in [6.07, 6.45) is 1.67. The Hall–Kier alpha value is -2.03. The molecule has 88 valence electrons. The summed E-state index contributed by atoms with van der Waals surface area (Å²) < 4.78 is 0. The normalized spacial score (nSPS) is 12.1. The van der Waals surface area contributed by atoms with Gasteiger partial charge in [0.05, 0.1) is 11.9 Å². The Labute approximate surface area is 102 Å². The lowest BCUT2D eigenvalue weighted by molar-refractivity contribution is 0.872. The summed E-state index contributed by atoms with van der Waals surface area (Å²) in [5.74, 6) is 0.885. The van der Waals surface area contributed by atoms with E-state index in [-0.39, 0.29) is 6.04 Å². The third-order valence-corrected chi connectivity index (χ3v) is 2.75. The molecule has 1 aromatic carbocycles. The lowest BCUT2D eigenvalue weighted by Gasteiger charge is -2.16. The van der Waals surface area contributed by atoms with Crippen LogP contribution in [-0.4, -0.2) is 4.98 Å². The van der Waals surface area contributed by atoms with Gasteiger partial charge in [-0.15, -0.1) is 0 Å². The van der Waals surface area contributed by atoms with Crippen LogP contribution in [0, 0.1) is 6.92 Å². The van der Waals surface area contributed by atoms with Crippen LogP contribution < -0.4 is 11.1 Å². The summed E-state index contributed by atoms with van der Waals surface area (Å²) in [5, 5.41) is 3.39. The monoisotopic (exact) mass is 227 g/mol. The molecule has 1 atom stereocenters. The maximum atomic E-state index is 5.68. The van der Waals surface area contributed by atoms with Gasteiger partial charge in [-0.2, -0.15) is 0 Å². The number of nitrogens with zero attached hydrogens (tertiary/aromatic N) is 1. The minimum Gasteiger partial charge on any atom is -0.397 e. The van der Waals surface area contributed by atoms with Crippen molar-refractivity contribution in [3.05, 3.63) is 53.7 Å². The van der Waals surface area contributed by atoms with Crippen molar-refractivity contribution in [3.63, 3.8) is 0 Å². The molecule has 1 aromatic heterocycles. The quantitative estimate of drug-likeness (QED) is 0.847. The van der Waals surface area contributed by atoms with Crippen molar-refractivity contribution in [1.82, 2.24) is 4.98 Å². The topological polar surface area (TPSA) is 50.9 Å². The van der Waals surface area contributed by atoms with Crippen LogP contribution in [0.3, 0.4) is 0 Å². The van der Waals surface area contributed by atoms with Gasteiger partial charge < -0.3 is 11.1 Å². The molecule has 0 aliphatic rings. The van der Waals surface area contributed by atoms with E-state index in [1.54, 1.807) is 6.20 Å². The maximum Gasteiger partial charge on any atom is 0.129 e. The Balaban J connectivity index is 2.16. The van der Waals surface area contributed by atoms with Crippen LogP contribution in [0.5, 0.6) is 0 Å². The van der Waals surface area contributed by atoms with Gasteiger partial charge >= 0.3 is 0 Å². The van der Waals surface area contributed by atoms with Gasteiger partial charge in [0.1, 0.15) is 5.82 Å². The van der Waals surface area contributed by atoms with Crippen LogP contribution in [0.2, 0.25) is 0 Å². The minimum atomic E-state index is 0.228. The molecule has 2 rings (SSSR count). The molecule has 1 heterocycles. The molecule has 0 saturated carbocycles. The number of benzene rings is 1. The molecule has 0 bridgehead atoms. The van der Waals surface area contributed by atoms with Crippen molar-refractivity contribution >= 4 is 11.5 Å². The van der Waals surface area contributed by atoms with E-state index in [1.165, 1.54) is 5.56 Å². The molecule has 0 aliphatic heterocycles. The van der Waals surface area contributed by atoms with Gasteiger partial charge in [0, 0.05) is 6.04 Å². The average molecular weight is 227 g/mol. The van der Waals surface area contributed by atoms with Gasteiger partial charge in [-0.25, -0.2) is 4.98 Å². The lowest BCUT2D eigenvalue weighted by Crippen LogP contribution is -2.09. The van der Waals surface area contributed by atoms with Gasteiger partial charge in [0.25, 0.3) is 0 Å². The summed E-state index contributed by atoms with van der Waals surface area (Å²) in [6, 6.07) is 12.4. The van der Waals surface area contributed by atoms with Gasteiger partial charge in [-0.05, 0) is 31.0 Å². The first-order chi connectivity index (χ1) is 8.16. The Morgan fingerprint density at radius 3 is 2.59 bits per heavy atom. The predicted octanol–water partition coefficient (Wildman–Crippen LogP) is 3.15. The van der Waals surface area contributed by atoms with E-state index in [0.717, 1.165) is 11.4 Å². The van der Waals surface area contributed by atoms with Crippen molar-refractivity contribution < 1.29 is 0 Å². The number of hydrogen-bond acceptors (Lipinski definition) is 3. The maximum absolute atomic E-state index is 5.68. The molecule has 1 unspecified atom stereocenters. The van der Waals surface area contributed by atoms with Crippen LogP contribution in [0.25, 0.3) is 0 Å². The third kappa shape index (κ3) is 2.75. The second-order valence-corrected chi connectivity index (χ2v) is 4.21. The number of nitrogens with two attached hydrogens (primary N) is 1. The molecule has 2 aromatic rings. The first-order valence-electron chi connectivity index (χ1n) is 5.70. The van der Waals surface area contributed by atoms with E-state index in [1.807, 2.05) is 31.2 Å². The van der Waals surface area contributed by atoms with Gasteiger partial charge in [-0.3, -0.25) is 0 Å². The van der Waals surface area contributed by atoms with Crippen molar-refractivity contribution in [1.29, 1.82) is 0 Å². The summed E-state index contributed by atoms with van der Waals surface area (Å²) in [4.78, 5) is 4.31. The number of rotatable bonds is 3. The van der Waals surface area contributed by atoms with Crippen molar-refractivity contribution in [2.75, 3.05) is 11.1 Å². The van der Waals surface area contributed by atoms with Crippen LogP contribution >= 0.6 is 0 Å². The summed E-state index contributed by atoms with van der Waals surface area (Å²) in [7, 11) is 0. The van der Waals surface area contributed by atoms with Crippen LogP contribution in [0.4, 0.5) is 11.5 Å². The Bertz CT molecular complexity index is 494. The van der Waals surface area contributed by atoms with Gasteiger partial charge in [-0.1, -0.05) is 30.3 Å². The summed E-state index contributed by atoms with van der Waals surface area (Å²) >= 11 is 0. The van der Waals surface area contributed by atoms with Crippen LogP contribution in [-0.2, 0) is 0 Å². The van der Waals surface area contributed by atoms with E-state index >= 15 is 0 Å². The predicted molar refractivity (Wildman–Crippen MR) is 71.9 cm³/mol. The molecule has 3 heteroatoms. The zero-order valence-corrected chi connectivity index (χ0v) is 10.1. The molecule has 0 radical (unpaired) electrons. The fourth-order valence-corrected chi connectivity index (χ4v) is 1.78. The first-order valence-corrected chi connectivity index (χ1v) is 5.70. The number of nitrogens with one attached hydrogen (secondary N) is 1. The highest BCUT2D eigenvalue weighted by molar-refractivity contribution is 5.51. The summed E-state index contributed by atoms with van der Waals surface area (Å²) in [6.45, 7) is 4.12.